The Labute approximate surface area is 96.8 Å². The summed E-state index contributed by atoms with van der Waals surface area (Å²) in [7, 11) is 0. The fraction of sp³-hybridized carbons (Fsp3) is 0.462. The van der Waals surface area contributed by atoms with Gasteiger partial charge < -0.3 is 10.1 Å². The molecule has 0 saturated carbocycles. The van der Waals surface area contributed by atoms with E-state index < -0.39 is 0 Å². The summed E-state index contributed by atoms with van der Waals surface area (Å²) in [6.45, 7) is 6.28. The third-order valence-electron chi connectivity index (χ3n) is 2.31. The van der Waals surface area contributed by atoms with Gasteiger partial charge in [0.05, 0.1) is 6.04 Å². The summed E-state index contributed by atoms with van der Waals surface area (Å²) < 4.78 is 5.63. The molecule has 3 nitrogen and oxygen atoms in total. The molecule has 1 N–H and O–H groups in total. The fourth-order valence-corrected chi connectivity index (χ4v) is 1.35. The van der Waals surface area contributed by atoms with E-state index in [1.165, 1.54) is 0 Å². The van der Waals surface area contributed by atoms with Crippen LogP contribution in [-0.2, 0) is 4.79 Å². The van der Waals surface area contributed by atoms with Gasteiger partial charge in [0.25, 0.3) is 0 Å². The Morgan fingerprint density at radius 2 is 2.12 bits per heavy atom. The highest BCUT2D eigenvalue weighted by Crippen LogP contribution is 2.16. The third kappa shape index (κ3) is 3.93. The zero-order valence-corrected chi connectivity index (χ0v) is 10.1. The lowest BCUT2D eigenvalue weighted by molar-refractivity contribution is -0.121. The topological polar surface area (TPSA) is 38.3 Å². The Balaban J connectivity index is 2.40. The van der Waals surface area contributed by atoms with Crippen molar-refractivity contribution in [2.45, 2.75) is 33.2 Å². The predicted molar refractivity (Wildman–Crippen MR) is 64.6 cm³/mol. The van der Waals surface area contributed by atoms with Crippen LogP contribution >= 0.6 is 0 Å². The lowest BCUT2D eigenvalue weighted by Crippen LogP contribution is -2.36. The molecule has 0 fully saturated rings. The van der Waals surface area contributed by atoms with Gasteiger partial charge in [0, 0.05) is 6.42 Å². The summed E-state index contributed by atoms with van der Waals surface area (Å²) >= 11 is 0. The fourth-order valence-electron chi connectivity index (χ4n) is 1.35. The van der Waals surface area contributed by atoms with Gasteiger partial charge in [-0.25, -0.2) is 0 Å². The molecule has 0 bridgehead atoms. The molecule has 1 amide bonds. The number of benzene rings is 1. The summed E-state index contributed by atoms with van der Waals surface area (Å²) in [4.78, 5) is 11.1. The highest BCUT2D eigenvalue weighted by atomic mass is 16.5. The minimum Gasteiger partial charge on any atom is -0.491 e. The maximum absolute atomic E-state index is 11.1. The third-order valence-corrected chi connectivity index (χ3v) is 2.31. The van der Waals surface area contributed by atoms with Crippen molar-refractivity contribution in [2.24, 2.45) is 0 Å². The van der Waals surface area contributed by atoms with E-state index in [9.17, 15) is 4.79 Å². The van der Waals surface area contributed by atoms with E-state index in [0.717, 1.165) is 11.3 Å². The van der Waals surface area contributed by atoms with Gasteiger partial charge >= 0.3 is 0 Å². The van der Waals surface area contributed by atoms with Crippen LogP contribution in [0.15, 0.2) is 24.3 Å². The molecule has 0 aliphatic carbocycles. The van der Waals surface area contributed by atoms with E-state index in [1.54, 1.807) is 0 Å². The van der Waals surface area contributed by atoms with Gasteiger partial charge in [-0.1, -0.05) is 25.1 Å². The van der Waals surface area contributed by atoms with Gasteiger partial charge in [-0.3, -0.25) is 4.79 Å². The average molecular weight is 221 g/mol. The van der Waals surface area contributed by atoms with Crippen LogP contribution in [0.3, 0.4) is 0 Å². The minimum absolute atomic E-state index is 0.0343. The van der Waals surface area contributed by atoms with Crippen molar-refractivity contribution in [2.75, 3.05) is 6.61 Å². The highest BCUT2D eigenvalue weighted by molar-refractivity contribution is 5.75. The highest BCUT2D eigenvalue weighted by Gasteiger charge is 2.06. The summed E-state index contributed by atoms with van der Waals surface area (Å²) in [5.41, 5.74) is 1.11. The number of nitrogens with one attached hydrogen (secondary N) is 1. The summed E-state index contributed by atoms with van der Waals surface area (Å²) in [5, 5.41) is 2.86. The number of para-hydroxylation sites is 1. The molecule has 3 heteroatoms. The SMILES string of the molecule is CCC(=O)NC(C)COc1ccccc1C. The molecule has 0 heterocycles. The maximum atomic E-state index is 11.1. The molecule has 0 aliphatic rings. The second-order valence-electron chi connectivity index (χ2n) is 3.90. The zero-order chi connectivity index (χ0) is 12.0. The minimum atomic E-state index is 0.0343. The number of amides is 1. The van der Waals surface area contributed by atoms with Crippen LogP contribution < -0.4 is 10.1 Å². The van der Waals surface area contributed by atoms with E-state index in [2.05, 4.69) is 5.32 Å². The van der Waals surface area contributed by atoms with Crippen molar-refractivity contribution in [3.8, 4) is 5.75 Å². The monoisotopic (exact) mass is 221 g/mol. The van der Waals surface area contributed by atoms with Crippen molar-refractivity contribution in [1.29, 1.82) is 0 Å². The molecule has 0 radical (unpaired) electrons. The number of carbonyl (C=O) groups is 1. The van der Waals surface area contributed by atoms with Crippen LogP contribution in [0.1, 0.15) is 25.8 Å². The molecule has 1 rings (SSSR count). The standard InChI is InChI=1S/C13H19NO2/c1-4-13(15)14-11(3)9-16-12-8-6-5-7-10(12)2/h5-8,11H,4,9H2,1-3H3,(H,14,15). The van der Waals surface area contributed by atoms with Crippen LogP contribution in [0.25, 0.3) is 0 Å². The molecule has 1 aromatic carbocycles. The number of hydrogen-bond acceptors (Lipinski definition) is 2. The Morgan fingerprint density at radius 3 is 2.75 bits per heavy atom. The second kappa shape index (κ2) is 6.16. The van der Waals surface area contributed by atoms with E-state index >= 15 is 0 Å². The Kier molecular flexibility index (Phi) is 4.83. The molecular weight excluding hydrogens is 202 g/mol. The predicted octanol–water partition coefficient (Wildman–Crippen LogP) is 2.29. The molecule has 1 atom stereocenters. The Morgan fingerprint density at radius 1 is 1.44 bits per heavy atom. The van der Waals surface area contributed by atoms with Crippen molar-refractivity contribution in [3.63, 3.8) is 0 Å². The summed E-state index contributed by atoms with van der Waals surface area (Å²) in [6.07, 6.45) is 0.509. The Hall–Kier alpha value is -1.51. The van der Waals surface area contributed by atoms with Gasteiger partial charge in [0.2, 0.25) is 5.91 Å². The smallest absolute Gasteiger partial charge is 0.220 e. The number of ether oxygens (including phenoxy) is 1. The molecule has 0 spiro atoms. The summed E-state index contributed by atoms with van der Waals surface area (Å²) in [5.74, 6) is 0.931. The number of aryl methyl sites for hydroxylation is 1. The quantitative estimate of drug-likeness (QED) is 0.828. The van der Waals surface area contributed by atoms with Gasteiger partial charge in [0.15, 0.2) is 0 Å². The average Bonchev–Trinajstić information content (AvgIpc) is 2.28. The normalized spacial score (nSPS) is 11.9. The molecule has 16 heavy (non-hydrogen) atoms. The lowest BCUT2D eigenvalue weighted by Gasteiger charge is -2.15. The largest absolute Gasteiger partial charge is 0.491 e. The number of carbonyl (C=O) groups excluding carboxylic acids is 1. The molecule has 0 aromatic heterocycles. The first-order valence-electron chi connectivity index (χ1n) is 5.61. The van der Waals surface area contributed by atoms with Gasteiger partial charge in [-0.05, 0) is 25.5 Å². The molecule has 0 aliphatic heterocycles. The van der Waals surface area contributed by atoms with E-state index in [0.29, 0.717) is 13.0 Å². The van der Waals surface area contributed by atoms with E-state index in [-0.39, 0.29) is 11.9 Å². The van der Waals surface area contributed by atoms with Gasteiger partial charge in [0.1, 0.15) is 12.4 Å². The van der Waals surface area contributed by atoms with Crippen LogP contribution in [0.4, 0.5) is 0 Å². The van der Waals surface area contributed by atoms with Gasteiger partial charge in [-0.15, -0.1) is 0 Å². The van der Waals surface area contributed by atoms with Crippen molar-refractivity contribution in [3.05, 3.63) is 29.8 Å². The van der Waals surface area contributed by atoms with E-state index in [4.69, 9.17) is 4.74 Å². The Bertz CT molecular complexity index is 350. The van der Waals surface area contributed by atoms with Crippen LogP contribution in [0.5, 0.6) is 5.75 Å². The molecular formula is C13H19NO2. The first kappa shape index (κ1) is 12.6. The van der Waals surface area contributed by atoms with Crippen molar-refractivity contribution < 1.29 is 9.53 Å². The number of hydrogen-bond donors (Lipinski definition) is 1. The lowest BCUT2D eigenvalue weighted by atomic mass is 10.2. The van der Waals surface area contributed by atoms with Crippen molar-refractivity contribution in [1.82, 2.24) is 5.32 Å². The van der Waals surface area contributed by atoms with Crippen LogP contribution in [0.2, 0.25) is 0 Å². The zero-order valence-electron chi connectivity index (χ0n) is 10.1. The second-order valence-corrected chi connectivity index (χ2v) is 3.90. The molecule has 0 saturated heterocycles. The van der Waals surface area contributed by atoms with Crippen LogP contribution in [-0.4, -0.2) is 18.6 Å². The molecule has 1 aromatic rings. The van der Waals surface area contributed by atoms with Gasteiger partial charge in [-0.2, -0.15) is 0 Å². The first-order chi connectivity index (χ1) is 7.63. The number of rotatable bonds is 5. The first-order valence-corrected chi connectivity index (χ1v) is 5.61. The maximum Gasteiger partial charge on any atom is 0.220 e. The van der Waals surface area contributed by atoms with Crippen molar-refractivity contribution >= 4 is 5.91 Å². The molecule has 88 valence electrons. The summed E-state index contributed by atoms with van der Waals surface area (Å²) in [6, 6.07) is 7.89. The molecule has 1 unspecified atom stereocenters. The van der Waals surface area contributed by atoms with Crippen LogP contribution in [0, 0.1) is 6.92 Å². The van der Waals surface area contributed by atoms with E-state index in [1.807, 2.05) is 45.0 Å².